The van der Waals surface area contributed by atoms with Crippen LogP contribution in [-0.2, 0) is 14.3 Å². The van der Waals surface area contributed by atoms with Crippen LogP contribution in [0.5, 0.6) is 0 Å². The highest BCUT2D eigenvalue weighted by atomic mass is 16.5. The lowest BCUT2D eigenvalue weighted by Crippen LogP contribution is -2.46. The molecule has 0 radical (unpaired) electrons. The van der Waals surface area contributed by atoms with Crippen molar-refractivity contribution in [2.75, 3.05) is 13.7 Å². The van der Waals surface area contributed by atoms with E-state index in [0.717, 1.165) is 6.42 Å². The summed E-state index contributed by atoms with van der Waals surface area (Å²) in [5.74, 6) is 1.14. The molecule has 0 aromatic heterocycles. The molecule has 23 heavy (non-hydrogen) atoms. The number of hydrogen-bond donors (Lipinski definition) is 0. The van der Waals surface area contributed by atoms with Crippen LogP contribution in [0.1, 0.15) is 77.6 Å². The van der Waals surface area contributed by atoms with E-state index >= 15 is 0 Å². The molecule has 2 aliphatic rings. The van der Waals surface area contributed by atoms with Gasteiger partial charge in [-0.3, -0.25) is 9.59 Å². The summed E-state index contributed by atoms with van der Waals surface area (Å²) in [5.41, 5.74) is 0. The molecule has 0 saturated heterocycles. The third-order valence-corrected chi connectivity index (χ3v) is 5.76. The molecule has 0 bridgehead atoms. The average molecular weight is 323 g/mol. The van der Waals surface area contributed by atoms with Gasteiger partial charge in [0.25, 0.3) is 0 Å². The summed E-state index contributed by atoms with van der Waals surface area (Å²) in [4.78, 5) is 26.5. The first-order valence-corrected chi connectivity index (χ1v) is 9.48. The summed E-state index contributed by atoms with van der Waals surface area (Å²) in [6, 6.07) is 0.310. The molecule has 132 valence electrons. The number of hydrogen-bond acceptors (Lipinski definition) is 3. The van der Waals surface area contributed by atoms with Gasteiger partial charge in [0, 0.05) is 19.0 Å². The summed E-state index contributed by atoms with van der Waals surface area (Å²) in [7, 11) is 1.42. The zero-order valence-electron chi connectivity index (χ0n) is 14.9. The van der Waals surface area contributed by atoms with Gasteiger partial charge in [0.15, 0.2) is 0 Å². The maximum absolute atomic E-state index is 12.9. The number of amides is 1. The summed E-state index contributed by atoms with van der Waals surface area (Å²) in [6.45, 7) is 2.77. The van der Waals surface area contributed by atoms with Crippen molar-refractivity contribution >= 4 is 11.9 Å². The number of rotatable bonds is 6. The summed E-state index contributed by atoms with van der Waals surface area (Å²) < 4.78 is 4.77. The van der Waals surface area contributed by atoms with Crippen LogP contribution >= 0.6 is 0 Å². The largest absolute Gasteiger partial charge is 0.469 e. The average Bonchev–Trinajstić information content (AvgIpc) is 2.57. The van der Waals surface area contributed by atoms with Crippen LogP contribution < -0.4 is 0 Å². The Bertz CT molecular complexity index is 390. The standard InChI is InChI=1S/C19H33NO3/c1-15-8-6-7-11-17(15)20(13-12-19(22)23-2)18(21)14-16-9-4-3-5-10-16/h15-17H,3-14H2,1-2H3. The van der Waals surface area contributed by atoms with Gasteiger partial charge >= 0.3 is 5.97 Å². The van der Waals surface area contributed by atoms with Gasteiger partial charge < -0.3 is 9.64 Å². The van der Waals surface area contributed by atoms with Crippen molar-refractivity contribution in [1.82, 2.24) is 4.90 Å². The molecule has 2 rings (SSSR count). The summed E-state index contributed by atoms with van der Waals surface area (Å²) in [5, 5.41) is 0. The number of carbonyl (C=O) groups excluding carboxylic acids is 2. The van der Waals surface area contributed by atoms with Crippen LogP contribution in [0.4, 0.5) is 0 Å². The highest BCUT2D eigenvalue weighted by Crippen LogP contribution is 2.31. The molecular weight excluding hydrogens is 290 g/mol. The normalized spacial score (nSPS) is 25.8. The second-order valence-corrected chi connectivity index (χ2v) is 7.45. The van der Waals surface area contributed by atoms with Gasteiger partial charge in [-0.05, 0) is 37.5 Å². The van der Waals surface area contributed by atoms with E-state index in [1.54, 1.807) is 0 Å². The fraction of sp³-hybridized carbons (Fsp3) is 0.895. The third kappa shape index (κ3) is 5.50. The van der Waals surface area contributed by atoms with Crippen molar-refractivity contribution in [3.8, 4) is 0 Å². The quantitative estimate of drug-likeness (QED) is 0.696. The van der Waals surface area contributed by atoms with E-state index in [2.05, 4.69) is 6.92 Å². The van der Waals surface area contributed by atoms with Crippen molar-refractivity contribution in [3.63, 3.8) is 0 Å². The van der Waals surface area contributed by atoms with E-state index < -0.39 is 0 Å². The van der Waals surface area contributed by atoms with E-state index in [4.69, 9.17) is 4.74 Å². The lowest BCUT2D eigenvalue weighted by molar-refractivity contribution is -0.143. The fourth-order valence-corrected chi connectivity index (χ4v) is 4.30. The summed E-state index contributed by atoms with van der Waals surface area (Å²) in [6.07, 6.45) is 11.9. The minimum atomic E-state index is -0.219. The van der Waals surface area contributed by atoms with Gasteiger partial charge in [-0.15, -0.1) is 0 Å². The maximum atomic E-state index is 12.9. The van der Waals surface area contributed by atoms with Crippen LogP contribution in [0.3, 0.4) is 0 Å². The predicted octanol–water partition coefficient (Wildman–Crippen LogP) is 3.93. The van der Waals surface area contributed by atoms with Gasteiger partial charge in [-0.25, -0.2) is 0 Å². The molecule has 0 spiro atoms. The topological polar surface area (TPSA) is 46.6 Å². The SMILES string of the molecule is COC(=O)CCN(C(=O)CC1CCCCC1)C1CCCCC1C. The Morgan fingerprint density at radius 2 is 1.65 bits per heavy atom. The predicted molar refractivity (Wildman–Crippen MR) is 91.0 cm³/mol. The molecule has 0 aromatic carbocycles. The first-order valence-electron chi connectivity index (χ1n) is 9.48. The van der Waals surface area contributed by atoms with Gasteiger partial charge in [-0.1, -0.05) is 39.0 Å². The molecule has 2 fully saturated rings. The van der Waals surface area contributed by atoms with Crippen molar-refractivity contribution in [1.29, 1.82) is 0 Å². The van der Waals surface area contributed by atoms with Gasteiger partial charge in [0.1, 0.15) is 0 Å². The zero-order chi connectivity index (χ0) is 16.7. The Hall–Kier alpha value is -1.06. The van der Waals surface area contributed by atoms with Crippen LogP contribution in [0.25, 0.3) is 0 Å². The number of esters is 1. The van der Waals surface area contributed by atoms with Crippen LogP contribution in [0.2, 0.25) is 0 Å². The molecule has 4 nitrogen and oxygen atoms in total. The fourth-order valence-electron chi connectivity index (χ4n) is 4.30. The molecule has 2 saturated carbocycles. The molecule has 2 unspecified atom stereocenters. The van der Waals surface area contributed by atoms with E-state index in [1.807, 2.05) is 4.90 Å². The monoisotopic (exact) mass is 323 g/mol. The smallest absolute Gasteiger partial charge is 0.307 e. The van der Waals surface area contributed by atoms with Gasteiger partial charge in [0.2, 0.25) is 5.91 Å². The second kappa shape index (κ2) is 9.29. The minimum Gasteiger partial charge on any atom is -0.469 e. The molecule has 0 heterocycles. The van der Waals surface area contributed by atoms with E-state index in [1.165, 1.54) is 58.5 Å². The van der Waals surface area contributed by atoms with Crippen LogP contribution in [-0.4, -0.2) is 36.5 Å². The second-order valence-electron chi connectivity index (χ2n) is 7.45. The Balaban J connectivity index is 1.98. The molecule has 4 heteroatoms. The lowest BCUT2D eigenvalue weighted by Gasteiger charge is -2.39. The molecule has 2 aliphatic carbocycles. The van der Waals surface area contributed by atoms with Crippen LogP contribution in [0, 0.1) is 11.8 Å². The van der Waals surface area contributed by atoms with Crippen LogP contribution in [0.15, 0.2) is 0 Å². The van der Waals surface area contributed by atoms with E-state index in [-0.39, 0.29) is 11.9 Å². The molecular formula is C19H33NO3. The summed E-state index contributed by atoms with van der Waals surface area (Å²) >= 11 is 0. The van der Waals surface area contributed by atoms with Crippen molar-refractivity contribution in [2.45, 2.75) is 83.6 Å². The minimum absolute atomic E-state index is 0.219. The van der Waals surface area contributed by atoms with Gasteiger partial charge in [0.05, 0.1) is 13.5 Å². The highest BCUT2D eigenvalue weighted by Gasteiger charge is 2.31. The van der Waals surface area contributed by atoms with Crippen molar-refractivity contribution in [3.05, 3.63) is 0 Å². The molecule has 1 amide bonds. The van der Waals surface area contributed by atoms with Crippen molar-refractivity contribution in [2.24, 2.45) is 11.8 Å². The van der Waals surface area contributed by atoms with Gasteiger partial charge in [-0.2, -0.15) is 0 Å². The zero-order valence-corrected chi connectivity index (χ0v) is 14.9. The highest BCUT2D eigenvalue weighted by molar-refractivity contribution is 5.78. The lowest BCUT2D eigenvalue weighted by atomic mass is 9.83. The Morgan fingerprint density at radius 1 is 1.00 bits per heavy atom. The molecule has 0 N–H and O–H groups in total. The maximum Gasteiger partial charge on any atom is 0.307 e. The third-order valence-electron chi connectivity index (χ3n) is 5.76. The molecule has 0 aliphatic heterocycles. The van der Waals surface area contributed by atoms with Crippen molar-refractivity contribution < 1.29 is 14.3 Å². The first kappa shape index (κ1) is 18.3. The number of nitrogens with zero attached hydrogens (tertiary/aromatic N) is 1. The number of carbonyl (C=O) groups is 2. The Kier molecular flexibility index (Phi) is 7.38. The van der Waals surface area contributed by atoms with E-state index in [9.17, 15) is 9.59 Å². The number of ether oxygens (including phenoxy) is 1. The Labute approximate surface area is 140 Å². The molecule has 2 atom stereocenters. The van der Waals surface area contributed by atoms with E-state index in [0.29, 0.717) is 37.3 Å². The first-order chi connectivity index (χ1) is 11.1. The number of methoxy groups -OCH3 is 1. The Morgan fingerprint density at radius 3 is 2.30 bits per heavy atom. The molecule has 0 aromatic rings.